The van der Waals surface area contributed by atoms with Crippen molar-refractivity contribution in [3.05, 3.63) is 0 Å². The highest BCUT2D eigenvalue weighted by atomic mass is 16.6. The first kappa shape index (κ1) is 12.3. The first-order valence-electron chi connectivity index (χ1n) is 11.5. The molecule has 0 saturated carbocycles. The molecule has 6 nitrogen and oxygen atoms in total. The summed E-state index contributed by atoms with van der Waals surface area (Å²) in [5.41, 5.74) is -1.98. The Kier molecular flexibility index (Phi) is 4.24. The number of carbonyl (C=O) groups excluding carboxylic acids is 2. The van der Waals surface area contributed by atoms with Gasteiger partial charge in [0.05, 0.1) is 26.2 Å². The van der Waals surface area contributed by atoms with E-state index in [0.717, 1.165) is 0 Å². The molecule has 0 aromatic carbocycles. The zero-order valence-corrected chi connectivity index (χ0v) is 15.0. The van der Waals surface area contributed by atoms with Crippen molar-refractivity contribution >= 4 is 12.4 Å². The lowest BCUT2D eigenvalue weighted by Crippen LogP contribution is -2.54. The fourth-order valence-corrected chi connectivity index (χ4v) is 2.66. The Labute approximate surface area is 155 Å². The zero-order valence-electron chi connectivity index (χ0n) is 22.0. The molecule has 0 aliphatic carbocycles. The molecule has 140 valence electrons. The normalized spacial score (nSPS) is 27.6. The van der Waals surface area contributed by atoms with Crippen LogP contribution in [0.25, 0.3) is 0 Å². The SMILES string of the molecule is [2H]C([2H])([2H])C([2H])(O[C@H](CCCC=O)[C@@H]1COC(C)(C)N1C(=O)OC(C)(C)C)C([2H])([2H])[2H]. The second-order valence-electron chi connectivity index (χ2n) is 7.26. The van der Waals surface area contributed by atoms with Crippen LogP contribution in [0.5, 0.6) is 0 Å². The minimum atomic E-state index is -3.30. The number of amides is 1. The van der Waals surface area contributed by atoms with Gasteiger partial charge in [-0.2, -0.15) is 0 Å². The van der Waals surface area contributed by atoms with E-state index >= 15 is 0 Å². The highest BCUT2D eigenvalue weighted by molar-refractivity contribution is 5.70. The average molecular weight is 351 g/mol. The van der Waals surface area contributed by atoms with Gasteiger partial charge in [0.25, 0.3) is 0 Å². The molecule has 0 aromatic heterocycles. The topological polar surface area (TPSA) is 65.1 Å². The molecule has 0 unspecified atom stereocenters. The Balaban J connectivity index is 3.38. The molecule has 0 bridgehead atoms. The maximum Gasteiger partial charge on any atom is 0.412 e. The highest BCUT2D eigenvalue weighted by Crippen LogP contribution is 2.33. The second-order valence-corrected chi connectivity index (χ2v) is 7.26. The van der Waals surface area contributed by atoms with Gasteiger partial charge in [0.15, 0.2) is 0 Å². The van der Waals surface area contributed by atoms with Crippen LogP contribution in [0.2, 0.25) is 0 Å². The van der Waals surface area contributed by atoms with E-state index in [1.807, 2.05) is 0 Å². The van der Waals surface area contributed by atoms with Crippen LogP contribution in [-0.4, -0.2) is 53.4 Å². The van der Waals surface area contributed by atoms with Crippen LogP contribution < -0.4 is 0 Å². The van der Waals surface area contributed by atoms with Gasteiger partial charge < -0.3 is 19.0 Å². The average Bonchev–Trinajstić information content (AvgIpc) is 2.85. The van der Waals surface area contributed by atoms with E-state index in [4.69, 9.17) is 23.8 Å². The van der Waals surface area contributed by atoms with Gasteiger partial charge in [0, 0.05) is 14.6 Å². The molecule has 24 heavy (non-hydrogen) atoms. The second kappa shape index (κ2) is 8.30. The van der Waals surface area contributed by atoms with Gasteiger partial charge in [0.1, 0.15) is 17.6 Å². The quantitative estimate of drug-likeness (QED) is 0.519. The van der Waals surface area contributed by atoms with Crippen molar-refractivity contribution < 1.29 is 33.4 Å². The summed E-state index contributed by atoms with van der Waals surface area (Å²) in [6.45, 7) is 1.58. The molecule has 0 aromatic rings. The van der Waals surface area contributed by atoms with E-state index in [2.05, 4.69) is 0 Å². The molecule has 1 rings (SSSR count). The molecule has 0 radical (unpaired) electrons. The van der Waals surface area contributed by atoms with Crippen LogP contribution in [0.4, 0.5) is 4.79 Å². The van der Waals surface area contributed by atoms with Gasteiger partial charge in [-0.1, -0.05) is 0 Å². The van der Waals surface area contributed by atoms with Gasteiger partial charge in [-0.3, -0.25) is 4.90 Å². The lowest BCUT2D eigenvalue weighted by Gasteiger charge is -2.38. The number of nitrogens with zero attached hydrogens (tertiary/aromatic N) is 1. The number of ether oxygens (including phenoxy) is 3. The maximum atomic E-state index is 12.9. The monoisotopic (exact) mass is 350 g/mol. The van der Waals surface area contributed by atoms with Crippen LogP contribution >= 0.6 is 0 Å². The zero-order chi connectivity index (χ0) is 24.5. The minimum absolute atomic E-state index is 0.0366. The Morgan fingerprint density at radius 2 is 2.17 bits per heavy atom. The summed E-state index contributed by atoms with van der Waals surface area (Å²) in [6, 6.07) is -0.925. The third-order valence-electron chi connectivity index (χ3n) is 3.62. The smallest absolute Gasteiger partial charge is 0.412 e. The molecule has 0 N–H and O–H groups in total. The summed E-state index contributed by atoms with van der Waals surface area (Å²) in [5, 5.41) is 0. The number of unbranched alkanes of at least 4 members (excludes halogenated alkanes) is 1. The van der Waals surface area contributed by atoms with Crippen molar-refractivity contribution in [1.82, 2.24) is 4.90 Å². The van der Waals surface area contributed by atoms with Gasteiger partial charge in [-0.15, -0.1) is 0 Å². The molecule has 1 aliphatic heterocycles. The third-order valence-corrected chi connectivity index (χ3v) is 3.62. The standard InChI is InChI=1S/C18H33NO5/c1-13(2)23-15(10-8-9-11-20)14-12-22-18(6,7)19(14)16(21)24-17(3,4)5/h11,13-15H,8-10,12H2,1-7H3/t14-,15+/m0/s1/i1D3,2D3,13D. The first-order valence-corrected chi connectivity index (χ1v) is 8.04. The van der Waals surface area contributed by atoms with Crippen LogP contribution in [0.15, 0.2) is 0 Å². The predicted molar refractivity (Wildman–Crippen MR) is 91.8 cm³/mol. The summed E-state index contributed by atoms with van der Waals surface area (Å²) in [5.74, 6) is 0. The first-order chi connectivity index (χ1) is 13.8. The minimum Gasteiger partial charge on any atom is -0.444 e. The lowest BCUT2D eigenvalue weighted by atomic mass is 10.0. The molecule has 1 amide bonds. The molecule has 2 atom stereocenters. The van der Waals surface area contributed by atoms with Crippen molar-refractivity contribution in [2.75, 3.05) is 6.61 Å². The molecule has 6 heteroatoms. The van der Waals surface area contributed by atoms with E-state index in [0.29, 0.717) is 6.29 Å². The van der Waals surface area contributed by atoms with Crippen molar-refractivity contribution in [3.63, 3.8) is 0 Å². The maximum absolute atomic E-state index is 12.9. The molecular weight excluding hydrogens is 310 g/mol. The number of carbonyl (C=O) groups is 2. The molecule has 1 heterocycles. The number of rotatable bonds is 7. The fourth-order valence-electron chi connectivity index (χ4n) is 2.66. The summed E-state index contributed by atoms with van der Waals surface area (Å²) in [6.07, 6.45) is -4.12. The van der Waals surface area contributed by atoms with E-state index in [9.17, 15) is 9.59 Å². The Hall–Kier alpha value is -1.14. The fraction of sp³-hybridized carbons (Fsp3) is 0.889. The summed E-state index contributed by atoms with van der Waals surface area (Å²) in [4.78, 5) is 24.9. The van der Waals surface area contributed by atoms with Crippen molar-refractivity contribution in [2.45, 2.75) is 97.1 Å². The number of aldehydes is 1. The van der Waals surface area contributed by atoms with Gasteiger partial charge in [0.2, 0.25) is 0 Å². The van der Waals surface area contributed by atoms with Crippen LogP contribution in [0.1, 0.15) is 77.2 Å². The van der Waals surface area contributed by atoms with Crippen molar-refractivity contribution in [1.29, 1.82) is 0 Å². The molecule has 0 spiro atoms. The summed E-state index contributed by atoms with van der Waals surface area (Å²) < 4.78 is 70.6. The molecular formula is C18H33NO5. The third kappa shape index (κ3) is 6.06. The Morgan fingerprint density at radius 1 is 1.50 bits per heavy atom. The van der Waals surface area contributed by atoms with Crippen molar-refractivity contribution in [2.24, 2.45) is 0 Å². The van der Waals surface area contributed by atoms with Crippen molar-refractivity contribution in [3.8, 4) is 0 Å². The summed E-state index contributed by atoms with van der Waals surface area (Å²) in [7, 11) is 0. The van der Waals surface area contributed by atoms with Gasteiger partial charge in [-0.25, -0.2) is 4.79 Å². The Morgan fingerprint density at radius 3 is 2.71 bits per heavy atom. The number of hydrogen-bond acceptors (Lipinski definition) is 5. The molecule has 1 saturated heterocycles. The highest BCUT2D eigenvalue weighted by Gasteiger charge is 2.48. The predicted octanol–water partition coefficient (Wildman–Crippen LogP) is 3.52. The summed E-state index contributed by atoms with van der Waals surface area (Å²) >= 11 is 0. The molecule has 1 aliphatic rings. The van der Waals surface area contributed by atoms with E-state index in [1.165, 1.54) is 4.90 Å². The largest absolute Gasteiger partial charge is 0.444 e. The Bertz CT molecular complexity index is 629. The lowest BCUT2D eigenvalue weighted by molar-refractivity contribution is -0.108. The van der Waals surface area contributed by atoms with Crippen LogP contribution in [0.3, 0.4) is 0 Å². The van der Waals surface area contributed by atoms with Crippen LogP contribution in [0, 0.1) is 0 Å². The van der Waals surface area contributed by atoms with E-state index in [1.54, 1.807) is 34.6 Å². The van der Waals surface area contributed by atoms with Gasteiger partial charge in [-0.05, 0) is 61.2 Å². The molecule has 1 fully saturated rings. The number of hydrogen-bond donors (Lipinski definition) is 0. The van der Waals surface area contributed by atoms with E-state index in [-0.39, 0.29) is 25.9 Å². The van der Waals surface area contributed by atoms with Crippen LogP contribution in [-0.2, 0) is 19.0 Å². The van der Waals surface area contributed by atoms with Gasteiger partial charge >= 0.3 is 6.09 Å². The van der Waals surface area contributed by atoms with E-state index < -0.39 is 49.3 Å².